The number of sulfonamides is 1. The smallest absolute Gasteiger partial charge is 0.397 e. The van der Waals surface area contributed by atoms with E-state index in [1.165, 1.54) is 36.0 Å². The molecule has 41 heavy (non-hydrogen) atoms. The van der Waals surface area contributed by atoms with Crippen LogP contribution in [0, 0.1) is 18.3 Å². The molecule has 4 rings (SSSR count). The summed E-state index contributed by atoms with van der Waals surface area (Å²) in [7, 11) is -4.54. The van der Waals surface area contributed by atoms with Crippen LogP contribution in [0.2, 0.25) is 0 Å². The Kier molecular flexibility index (Phi) is 6.63. The van der Waals surface area contributed by atoms with E-state index in [1.54, 1.807) is 0 Å². The van der Waals surface area contributed by atoms with Gasteiger partial charge in [0.25, 0.3) is 15.9 Å². The molecular formula is C26H34F3N7O4S. The highest BCUT2D eigenvalue weighted by Gasteiger charge is 2.48. The molecule has 15 heteroatoms. The third-order valence-electron chi connectivity index (χ3n) is 6.95. The molecule has 4 heterocycles. The number of carbonyl (C=O) groups is 1. The summed E-state index contributed by atoms with van der Waals surface area (Å²) in [6, 6.07) is 4.16. The normalized spacial score (nSPS) is 19.0. The van der Waals surface area contributed by atoms with Gasteiger partial charge in [0, 0.05) is 41.6 Å². The number of rotatable bonds is 8. The molecule has 3 aromatic heterocycles. The number of hydrogen-bond donors (Lipinski definition) is 1. The van der Waals surface area contributed by atoms with Crippen LogP contribution in [0.5, 0.6) is 5.88 Å². The van der Waals surface area contributed by atoms with Crippen molar-refractivity contribution < 1.29 is 35.2 Å². The van der Waals surface area contributed by atoms with Gasteiger partial charge in [0.05, 0.1) is 16.7 Å². The number of hydrogen-bond acceptors (Lipinski definition) is 8. The minimum absolute atomic E-state index is 0.0679. The lowest BCUT2D eigenvalue weighted by atomic mass is 9.94. The average molecular weight is 602 g/mol. The Balaban J connectivity index is 1.68. The van der Waals surface area contributed by atoms with Crippen LogP contribution in [0.1, 0.15) is 61.2 Å². The van der Waals surface area contributed by atoms with E-state index in [9.17, 15) is 26.4 Å². The van der Waals surface area contributed by atoms with E-state index in [0.29, 0.717) is 11.2 Å². The van der Waals surface area contributed by atoms with Crippen LogP contribution in [0.3, 0.4) is 0 Å². The van der Waals surface area contributed by atoms with Crippen LogP contribution in [-0.4, -0.2) is 63.7 Å². The molecule has 1 amide bonds. The summed E-state index contributed by atoms with van der Waals surface area (Å²) >= 11 is 0. The summed E-state index contributed by atoms with van der Waals surface area (Å²) in [5, 5.41) is 7.93. The molecule has 0 unspecified atom stereocenters. The SMILES string of the molecule is [2H][13C]([2H])([2H])n1cc(S(=O)(=O)NC(=O)c2ccc(-n3ccc(OCC(C)(C)C(F)(F)F)n3)nc2N2C[C@@H](C)CC2(C)C)c(C)n1. The van der Waals surface area contributed by atoms with Gasteiger partial charge in [-0.05, 0) is 59.1 Å². The van der Waals surface area contributed by atoms with Gasteiger partial charge in [0.1, 0.15) is 17.3 Å². The maximum atomic E-state index is 13.5. The second-order valence-electron chi connectivity index (χ2n) is 11.5. The van der Waals surface area contributed by atoms with Crippen molar-refractivity contribution in [2.24, 2.45) is 18.3 Å². The van der Waals surface area contributed by atoms with Crippen LogP contribution in [0.4, 0.5) is 19.0 Å². The van der Waals surface area contributed by atoms with Gasteiger partial charge in [0.15, 0.2) is 5.82 Å². The van der Waals surface area contributed by atoms with Crippen LogP contribution in [-0.2, 0) is 17.0 Å². The average Bonchev–Trinajstić information content (AvgIpc) is 3.58. The minimum atomic E-state index is -4.54. The highest BCUT2D eigenvalue weighted by atomic mass is 32.2. The second-order valence-corrected chi connectivity index (χ2v) is 13.2. The van der Waals surface area contributed by atoms with Crippen molar-refractivity contribution in [2.45, 2.75) is 64.6 Å². The number of nitrogens with one attached hydrogen (secondary N) is 1. The number of anilines is 1. The molecule has 1 aliphatic rings. The zero-order valence-corrected chi connectivity index (χ0v) is 24.3. The molecule has 0 aliphatic carbocycles. The Bertz CT molecular complexity index is 1670. The Labute approximate surface area is 241 Å². The van der Waals surface area contributed by atoms with Gasteiger partial charge in [0.2, 0.25) is 5.88 Å². The Morgan fingerprint density at radius 1 is 1.24 bits per heavy atom. The Morgan fingerprint density at radius 3 is 2.54 bits per heavy atom. The lowest BCUT2D eigenvalue weighted by Gasteiger charge is -2.34. The van der Waals surface area contributed by atoms with Gasteiger partial charge in [-0.2, -0.15) is 18.3 Å². The number of ether oxygens (including phenoxy) is 1. The molecule has 0 radical (unpaired) electrons. The standard InChI is InChI=1S/C26H34F3N7O4S/c1-16-12-25(5,6)35(13-16)22-18(23(37)33-41(38,39)19-14-34(7)31-17(19)2)8-9-20(30-22)36-11-10-21(32-36)40-15-24(3,4)26(27,28)29/h8-11,14,16H,12-13,15H2,1-7H3,(H,33,37)/t16-/m0/s1/i7+1D3. The molecule has 1 N–H and O–H groups in total. The Morgan fingerprint density at radius 2 is 1.95 bits per heavy atom. The largest absolute Gasteiger partial charge is 0.476 e. The first kappa shape index (κ1) is 26.3. The topological polar surface area (TPSA) is 124 Å². The predicted molar refractivity (Wildman–Crippen MR) is 144 cm³/mol. The summed E-state index contributed by atoms with van der Waals surface area (Å²) in [6.45, 7) is 6.40. The van der Waals surface area contributed by atoms with Crippen molar-refractivity contribution in [3.8, 4) is 11.7 Å². The molecule has 1 saturated heterocycles. The highest BCUT2D eigenvalue weighted by Crippen LogP contribution is 2.39. The first-order valence-electron chi connectivity index (χ1n) is 14.2. The zero-order valence-electron chi connectivity index (χ0n) is 26.4. The molecule has 1 atom stereocenters. The number of pyridine rings is 1. The lowest BCUT2D eigenvalue weighted by Crippen LogP contribution is -2.41. The van der Waals surface area contributed by atoms with E-state index in [1.807, 2.05) is 30.4 Å². The first-order valence-corrected chi connectivity index (χ1v) is 14.2. The molecule has 0 spiro atoms. The van der Waals surface area contributed by atoms with Crippen molar-refractivity contribution in [1.82, 2.24) is 29.3 Å². The number of carbonyl (C=O) groups excluding carboxylic acids is 1. The maximum Gasteiger partial charge on any atom is 0.397 e. The summed E-state index contributed by atoms with van der Waals surface area (Å²) in [4.78, 5) is 19.6. The summed E-state index contributed by atoms with van der Waals surface area (Å²) < 4.78 is 97.6. The summed E-state index contributed by atoms with van der Waals surface area (Å²) in [5.41, 5.74) is -2.77. The Hall–Kier alpha value is -3.62. The lowest BCUT2D eigenvalue weighted by molar-refractivity contribution is -0.219. The van der Waals surface area contributed by atoms with Crippen LogP contribution in [0.15, 0.2) is 35.5 Å². The van der Waals surface area contributed by atoms with E-state index in [2.05, 4.69) is 15.2 Å². The van der Waals surface area contributed by atoms with Crippen LogP contribution < -0.4 is 14.4 Å². The number of alkyl halides is 3. The first-order chi connectivity index (χ1) is 20.0. The van der Waals surface area contributed by atoms with Crippen LogP contribution in [0.25, 0.3) is 5.82 Å². The predicted octanol–water partition coefficient (Wildman–Crippen LogP) is 4.02. The molecule has 3 aromatic rings. The number of halogens is 3. The molecule has 224 valence electrons. The third kappa shape index (κ3) is 6.19. The van der Waals surface area contributed by atoms with E-state index in [-0.39, 0.29) is 34.7 Å². The quantitative estimate of drug-likeness (QED) is 0.384. The number of nitrogens with zero attached hydrogens (tertiary/aromatic N) is 6. The monoisotopic (exact) mass is 601 g/mol. The summed E-state index contributed by atoms with van der Waals surface area (Å²) in [5.74, 6) is -0.494. The van der Waals surface area contributed by atoms with Gasteiger partial charge in [-0.25, -0.2) is 22.8 Å². The molecular weight excluding hydrogens is 564 g/mol. The van der Waals surface area contributed by atoms with E-state index in [0.717, 1.165) is 26.5 Å². The second kappa shape index (κ2) is 10.3. The highest BCUT2D eigenvalue weighted by molar-refractivity contribution is 7.90. The summed E-state index contributed by atoms with van der Waals surface area (Å²) in [6.07, 6.45) is -1.46. The van der Waals surface area contributed by atoms with E-state index < -0.39 is 51.5 Å². The number of aryl methyl sites for hydroxylation is 2. The van der Waals surface area contributed by atoms with E-state index in [4.69, 9.17) is 8.85 Å². The molecule has 11 nitrogen and oxygen atoms in total. The van der Waals surface area contributed by atoms with Gasteiger partial charge < -0.3 is 9.64 Å². The fourth-order valence-electron chi connectivity index (χ4n) is 4.70. The fourth-order valence-corrected chi connectivity index (χ4v) is 5.83. The van der Waals surface area contributed by atoms with Crippen molar-refractivity contribution in [3.05, 3.63) is 41.9 Å². The molecule has 1 fully saturated rings. The number of amides is 1. The van der Waals surface area contributed by atoms with Crippen molar-refractivity contribution in [1.29, 1.82) is 0 Å². The molecule has 0 aromatic carbocycles. The fraction of sp³-hybridized carbons (Fsp3) is 0.538. The van der Waals surface area contributed by atoms with Crippen molar-refractivity contribution >= 4 is 21.7 Å². The van der Waals surface area contributed by atoms with Gasteiger partial charge in [-0.1, -0.05) is 6.92 Å². The molecule has 0 bridgehead atoms. The van der Waals surface area contributed by atoms with Crippen molar-refractivity contribution in [3.63, 3.8) is 0 Å². The molecule has 0 saturated carbocycles. The van der Waals surface area contributed by atoms with E-state index >= 15 is 0 Å². The zero-order chi connectivity index (χ0) is 33.0. The maximum absolute atomic E-state index is 13.5. The van der Waals surface area contributed by atoms with Crippen LogP contribution >= 0.6 is 0 Å². The van der Waals surface area contributed by atoms with Gasteiger partial charge >= 0.3 is 6.18 Å². The van der Waals surface area contributed by atoms with Gasteiger partial charge in [-0.15, -0.1) is 5.10 Å². The number of aromatic nitrogens is 5. The third-order valence-corrected chi connectivity index (χ3v) is 8.39. The minimum Gasteiger partial charge on any atom is -0.476 e. The van der Waals surface area contributed by atoms with Gasteiger partial charge in [-0.3, -0.25) is 9.48 Å². The van der Waals surface area contributed by atoms with Crippen molar-refractivity contribution in [2.75, 3.05) is 18.1 Å². The molecule has 1 aliphatic heterocycles.